The van der Waals surface area contributed by atoms with Crippen LogP contribution in [0.1, 0.15) is 24.0 Å². The van der Waals surface area contributed by atoms with Gasteiger partial charge in [0.05, 0.1) is 10.7 Å². The Hall–Kier alpha value is -2.66. The Bertz CT molecular complexity index is 1030. The monoisotopic (exact) mass is 411 g/mol. The number of piperidine rings is 1. The van der Waals surface area contributed by atoms with Crippen molar-refractivity contribution in [2.45, 2.75) is 26.3 Å². The Morgan fingerprint density at radius 1 is 1.17 bits per heavy atom. The Morgan fingerprint density at radius 3 is 2.62 bits per heavy atom. The molecule has 0 atom stereocenters. The molecule has 0 unspecified atom stereocenters. The van der Waals surface area contributed by atoms with Gasteiger partial charge in [-0.15, -0.1) is 0 Å². The summed E-state index contributed by atoms with van der Waals surface area (Å²) < 4.78 is 15.0. The van der Waals surface area contributed by atoms with E-state index in [4.69, 9.17) is 11.6 Å². The molecule has 4 nitrogen and oxygen atoms in total. The standard InChI is InChI=1S/C23H23ClFN3O/c1-15-2-4-16(5-3-15)14-27-23(29)17-9-12-28(13-10-17)20-7-6-18-19(24)8-11-26-22(18)21(20)25/h2-8,11,17H,9-10,12-14H2,1H3,(H,27,29). The third-order valence-corrected chi connectivity index (χ3v) is 5.90. The second-order valence-electron chi connectivity index (χ2n) is 7.55. The maximum Gasteiger partial charge on any atom is 0.223 e. The average Bonchev–Trinajstić information content (AvgIpc) is 2.74. The zero-order valence-corrected chi connectivity index (χ0v) is 17.0. The lowest BCUT2D eigenvalue weighted by Gasteiger charge is -2.33. The summed E-state index contributed by atoms with van der Waals surface area (Å²) in [6, 6.07) is 13.4. The number of rotatable bonds is 4. The van der Waals surface area contributed by atoms with Crippen LogP contribution in [0, 0.1) is 18.7 Å². The largest absolute Gasteiger partial charge is 0.369 e. The van der Waals surface area contributed by atoms with Crippen molar-refractivity contribution in [2.24, 2.45) is 5.92 Å². The molecule has 4 rings (SSSR count). The normalized spacial score (nSPS) is 14.9. The molecule has 1 saturated heterocycles. The summed E-state index contributed by atoms with van der Waals surface area (Å²) in [5.74, 6) is -0.335. The maximum atomic E-state index is 15.0. The highest BCUT2D eigenvalue weighted by molar-refractivity contribution is 6.35. The fraction of sp³-hybridized carbons (Fsp3) is 0.304. The van der Waals surface area contributed by atoms with E-state index in [-0.39, 0.29) is 23.2 Å². The number of halogens is 2. The van der Waals surface area contributed by atoms with Crippen molar-refractivity contribution in [3.05, 3.63) is 70.6 Å². The van der Waals surface area contributed by atoms with E-state index >= 15 is 0 Å². The van der Waals surface area contributed by atoms with E-state index in [9.17, 15) is 9.18 Å². The fourth-order valence-corrected chi connectivity index (χ4v) is 4.01. The Labute approximate surface area is 174 Å². The van der Waals surface area contributed by atoms with Gasteiger partial charge in [0.2, 0.25) is 5.91 Å². The van der Waals surface area contributed by atoms with Crippen molar-refractivity contribution in [3.63, 3.8) is 0 Å². The van der Waals surface area contributed by atoms with E-state index < -0.39 is 0 Å². The van der Waals surface area contributed by atoms with Gasteiger partial charge in [-0.25, -0.2) is 4.39 Å². The zero-order valence-electron chi connectivity index (χ0n) is 16.3. The summed E-state index contributed by atoms with van der Waals surface area (Å²) in [5, 5.41) is 4.13. The molecule has 1 N–H and O–H groups in total. The molecule has 1 amide bonds. The zero-order chi connectivity index (χ0) is 20.4. The lowest BCUT2D eigenvalue weighted by molar-refractivity contribution is -0.125. The van der Waals surface area contributed by atoms with Crippen molar-refractivity contribution >= 4 is 34.1 Å². The number of hydrogen-bond donors (Lipinski definition) is 1. The predicted molar refractivity (Wildman–Crippen MR) is 115 cm³/mol. The minimum absolute atomic E-state index is 0.0483. The number of aromatic nitrogens is 1. The molecular weight excluding hydrogens is 389 g/mol. The Kier molecular flexibility index (Phi) is 5.67. The molecule has 29 heavy (non-hydrogen) atoms. The lowest BCUT2D eigenvalue weighted by atomic mass is 9.95. The third kappa shape index (κ3) is 4.20. The van der Waals surface area contributed by atoms with Crippen LogP contribution in [0.15, 0.2) is 48.7 Å². The smallest absolute Gasteiger partial charge is 0.223 e. The van der Waals surface area contributed by atoms with Crippen LogP contribution in [0.5, 0.6) is 0 Å². The van der Waals surface area contributed by atoms with Crippen LogP contribution in [0.25, 0.3) is 10.9 Å². The number of aryl methyl sites for hydroxylation is 1. The maximum absolute atomic E-state index is 15.0. The second-order valence-corrected chi connectivity index (χ2v) is 7.96. The molecule has 0 saturated carbocycles. The summed E-state index contributed by atoms with van der Waals surface area (Å²) in [4.78, 5) is 18.7. The van der Waals surface area contributed by atoms with E-state index in [1.165, 1.54) is 11.8 Å². The summed E-state index contributed by atoms with van der Waals surface area (Å²) in [6.45, 7) is 3.83. The quantitative estimate of drug-likeness (QED) is 0.666. The SMILES string of the molecule is Cc1ccc(CNC(=O)C2CCN(c3ccc4c(Cl)ccnc4c3F)CC2)cc1. The van der Waals surface area contributed by atoms with Crippen LogP contribution in [0.2, 0.25) is 5.02 Å². The highest BCUT2D eigenvalue weighted by atomic mass is 35.5. The summed E-state index contributed by atoms with van der Waals surface area (Å²) in [6.07, 6.45) is 2.91. The van der Waals surface area contributed by atoms with Gasteiger partial charge in [-0.05, 0) is 43.5 Å². The molecule has 1 aromatic heterocycles. The Balaban J connectivity index is 1.38. The van der Waals surface area contributed by atoms with Gasteiger partial charge in [-0.2, -0.15) is 0 Å². The summed E-state index contributed by atoms with van der Waals surface area (Å²) in [7, 11) is 0. The molecule has 2 aromatic carbocycles. The molecule has 0 aliphatic carbocycles. The molecule has 6 heteroatoms. The Morgan fingerprint density at radius 2 is 1.90 bits per heavy atom. The van der Waals surface area contributed by atoms with Gasteiger partial charge >= 0.3 is 0 Å². The van der Waals surface area contributed by atoms with E-state index in [0.29, 0.717) is 48.6 Å². The van der Waals surface area contributed by atoms with Crippen molar-refractivity contribution in [2.75, 3.05) is 18.0 Å². The number of anilines is 1. The molecule has 1 aliphatic rings. The minimum Gasteiger partial charge on any atom is -0.369 e. The molecule has 3 aromatic rings. The van der Waals surface area contributed by atoms with Crippen LogP contribution in [-0.2, 0) is 11.3 Å². The number of nitrogens with one attached hydrogen (secondary N) is 1. The van der Waals surface area contributed by atoms with E-state index in [2.05, 4.69) is 10.3 Å². The first-order chi connectivity index (χ1) is 14.0. The van der Waals surface area contributed by atoms with Crippen LogP contribution in [-0.4, -0.2) is 24.0 Å². The van der Waals surface area contributed by atoms with Crippen molar-refractivity contribution < 1.29 is 9.18 Å². The number of hydrogen-bond acceptors (Lipinski definition) is 3. The van der Waals surface area contributed by atoms with Gasteiger partial charge in [0.25, 0.3) is 0 Å². The van der Waals surface area contributed by atoms with Crippen molar-refractivity contribution in [1.82, 2.24) is 10.3 Å². The second kappa shape index (κ2) is 8.37. The predicted octanol–water partition coefficient (Wildman–Crippen LogP) is 4.87. The van der Waals surface area contributed by atoms with Crippen LogP contribution < -0.4 is 10.2 Å². The molecule has 1 aliphatic heterocycles. The first-order valence-corrected chi connectivity index (χ1v) is 10.2. The molecule has 0 radical (unpaired) electrons. The third-order valence-electron chi connectivity index (χ3n) is 5.57. The fourth-order valence-electron chi connectivity index (χ4n) is 3.81. The first kappa shape index (κ1) is 19.6. The number of carbonyl (C=O) groups is 1. The van der Waals surface area contributed by atoms with E-state index in [1.54, 1.807) is 12.1 Å². The van der Waals surface area contributed by atoms with Crippen molar-refractivity contribution in [1.29, 1.82) is 0 Å². The van der Waals surface area contributed by atoms with Crippen LogP contribution in [0.3, 0.4) is 0 Å². The minimum atomic E-state index is -0.354. The van der Waals surface area contributed by atoms with Crippen LogP contribution >= 0.6 is 11.6 Å². The average molecular weight is 412 g/mol. The van der Waals surface area contributed by atoms with Gasteiger partial charge in [-0.1, -0.05) is 41.4 Å². The summed E-state index contributed by atoms with van der Waals surface area (Å²) >= 11 is 6.14. The first-order valence-electron chi connectivity index (χ1n) is 9.84. The van der Waals surface area contributed by atoms with Crippen LogP contribution in [0.4, 0.5) is 10.1 Å². The molecule has 150 valence electrons. The molecule has 0 bridgehead atoms. The number of benzene rings is 2. The van der Waals surface area contributed by atoms with Gasteiger partial charge in [0.1, 0.15) is 5.52 Å². The highest BCUT2D eigenvalue weighted by Crippen LogP contribution is 2.32. The van der Waals surface area contributed by atoms with Gasteiger partial charge in [0, 0.05) is 37.1 Å². The van der Waals surface area contributed by atoms with E-state index in [0.717, 1.165) is 5.56 Å². The number of fused-ring (bicyclic) bond motifs is 1. The number of carbonyl (C=O) groups excluding carboxylic acids is 1. The number of nitrogens with zero attached hydrogens (tertiary/aromatic N) is 2. The topological polar surface area (TPSA) is 45.2 Å². The molecule has 1 fully saturated rings. The van der Waals surface area contributed by atoms with Gasteiger partial charge < -0.3 is 10.2 Å². The highest BCUT2D eigenvalue weighted by Gasteiger charge is 2.26. The number of pyridine rings is 1. The van der Waals surface area contributed by atoms with Crippen molar-refractivity contribution in [3.8, 4) is 0 Å². The van der Waals surface area contributed by atoms with Gasteiger partial charge in [0.15, 0.2) is 5.82 Å². The van der Waals surface area contributed by atoms with Gasteiger partial charge in [-0.3, -0.25) is 9.78 Å². The summed E-state index contributed by atoms with van der Waals surface area (Å²) in [5.41, 5.74) is 3.09. The lowest BCUT2D eigenvalue weighted by Crippen LogP contribution is -2.40. The molecule has 0 spiro atoms. The van der Waals surface area contributed by atoms with E-state index in [1.807, 2.05) is 42.2 Å². The molecule has 2 heterocycles. The molecular formula is C23H23ClFN3O. The number of amides is 1.